The van der Waals surface area contributed by atoms with Crippen molar-refractivity contribution in [3.05, 3.63) is 24.9 Å². The lowest BCUT2D eigenvalue weighted by atomic mass is 10.2. The topological polar surface area (TPSA) is 48.6 Å². The van der Waals surface area contributed by atoms with Gasteiger partial charge in [0.15, 0.2) is 0 Å². The van der Waals surface area contributed by atoms with E-state index in [9.17, 15) is 0 Å². The molecule has 100 valence electrons. The molecule has 0 saturated carbocycles. The first-order chi connectivity index (χ1) is 8.26. The molecular formula is C14H29N3. The predicted molar refractivity (Wildman–Crippen MR) is 79.0 cm³/mol. The van der Waals surface area contributed by atoms with Gasteiger partial charge in [0.1, 0.15) is 0 Å². The summed E-state index contributed by atoms with van der Waals surface area (Å²) in [6, 6.07) is 0. The fourth-order valence-corrected chi connectivity index (χ4v) is 0.945. The van der Waals surface area contributed by atoms with E-state index in [1.54, 1.807) is 0 Å². The molecule has 1 N–H and O–H groups in total. The second-order valence-corrected chi connectivity index (χ2v) is 3.22. The Kier molecular flexibility index (Phi) is 29.9. The highest BCUT2D eigenvalue weighted by molar-refractivity contribution is 5.56. The first-order valence-corrected chi connectivity index (χ1v) is 6.19. The van der Waals surface area contributed by atoms with Gasteiger partial charge in [-0.2, -0.15) is 5.11 Å². The molecule has 0 fully saturated rings. The molecule has 0 aliphatic rings. The zero-order valence-corrected chi connectivity index (χ0v) is 12.0. The maximum absolute atomic E-state index is 6.62. The summed E-state index contributed by atoms with van der Waals surface area (Å²) in [5, 5.41) is 3.31. The van der Waals surface area contributed by atoms with E-state index in [4.69, 9.17) is 5.53 Å². The third-order valence-electron chi connectivity index (χ3n) is 1.85. The molecule has 0 aliphatic heterocycles. The van der Waals surface area contributed by atoms with E-state index in [-0.39, 0.29) is 0 Å². The van der Waals surface area contributed by atoms with Crippen molar-refractivity contribution in [1.29, 1.82) is 5.53 Å². The fraction of sp³-hybridized carbons (Fsp3) is 0.643. The number of allylic oxidation sites excluding steroid dienone is 2. The minimum absolute atomic E-state index is 0.882. The van der Waals surface area contributed by atoms with Gasteiger partial charge >= 0.3 is 0 Å². The minimum Gasteiger partial charge on any atom is -0.301 e. The fourth-order valence-electron chi connectivity index (χ4n) is 0.945. The molecule has 3 nitrogen and oxygen atoms in total. The molecule has 0 spiro atoms. The molecular weight excluding hydrogens is 210 g/mol. The lowest BCUT2D eigenvalue weighted by Crippen LogP contribution is -1.72. The van der Waals surface area contributed by atoms with E-state index in [2.05, 4.69) is 37.1 Å². The Balaban J connectivity index is -0.000000202. The lowest BCUT2D eigenvalue weighted by molar-refractivity contribution is 0.842. The van der Waals surface area contributed by atoms with E-state index >= 15 is 0 Å². The summed E-state index contributed by atoms with van der Waals surface area (Å²) < 4.78 is 0. The molecule has 0 radical (unpaired) electrons. The molecule has 0 aromatic heterocycles. The minimum atomic E-state index is 0.882. The average molecular weight is 239 g/mol. The van der Waals surface area contributed by atoms with Gasteiger partial charge in [-0.1, -0.05) is 32.8 Å². The highest BCUT2D eigenvalue weighted by Crippen LogP contribution is 2.03. The summed E-state index contributed by atoms with van der Waals surface area (Å²) in [4.78, 5) is 3.85. The highest BCUT2D eigenvalue weighted by atomic mass is 15.0. The number of unbranched alkanes of at least 4 members (excludes halogenated alkanes) is 2. The largest absolute Gasteiger partial charge is 0.301 e. The van der Waals surface area contributed by atoms with Gasteiger partial charge in [-0.3, -0.25) is 0 Å². The van der Waals surface area contributed by atoms with Crippen molar-refractivity contribution in [3.8, 4) is 0 Å². The Morgan fingerprint density at radius 3 is 2.06 bits per heavy atom. The van der Waals surface area contributed by atoms with Gasteiger partial charge in [0, 0.05) is 7.05 Å². The van der Waals surface area contributed by atoms with Gasteiger partial charge in [0.25, 0.3) is 0 Å². The van der Waals surface area contributed by atoms with Crippen molar-refractivity contribution in [2.45, 2.75) is 52.9 Å². The van der Waals surface area contributed by atoms with Crippen molar-refractivity contribution >= 4 is 6.21 Å². The number of nitrogens with zero attached hydrogens (tertiary/aromatic N) is 2. The van der Waals surface area contributed by atoms with Crippen LogP contribution in [0.2, 0.25) is 0 Å². The monoisotopic (exact) mass is 239 g/mol. The van der Waals surface area contributed by atoms with Crippen LogP contribution >= 0.6 is 0 Å². The van der Waals surface area contributed by atoms with Gasteiger partial charge in [-0.25, -0.2) is 5.53 Å². The lowest BCUT2D eigenvalue weighted by Gasteiger charge is -1.90. The summed E-state index contributed by atoms with van der Waals surface area (Å²) in [5.41, 5.74) is 7.50. The van der Waals surface area contributed by atoms with Gasteiger partial charge < -0.3 is 4.99 Å². The maximum Gasteiger partial charge on any atom is 0.0581 e. The summed E-state index contributed by atoms with van der Waals surface area (Å²) in [7, 11) is 1.82. The number of nitrogens with one attached hydrogen (secondary N) is 1. The molecule has 17 heavy (non-hydrogen) atoms. The molecule has 0 unspecified atom stereocenters. The van der Waals surface area contributed by atoms with Crippen LogP contribution in [-0.2, 0) is 0 Å². The number of hydrogen-bond donors (Lipinski definition) is 1. The van der Waals surface area contributed by atoms with E-state index in [1.165, 1.54) is 12.8 Å². The summed E-state index contributed by atoms with van der Waals surface area (Å²) in [6.45, 7) is 12.2. The van der Waals surface area contributed by atoms with Crippen LogP contribution in [0, 0.1) is 5.53 Å². The number of hydrogen-bond acceptors (Lipinski definition) is 3. The number of rotatable bonds is 6. The molecule has 0 amide bonds. The second kappa shape index (κ2) is 24.1. The van der Waals surface area contributed by atoms with Crippen LogP contribution in [0.25, 0.3) is 0 Å². The summed E-state index contributed by atoms with van der Waals surface area (Å²) in [6.07, 6.45) is 9.53. The molecule has 0 aromatic carbocycles. The van der Waals surface area contributed by atoms with Gasteiger partial charge in [0.05, 0.1) is 5.70 Å². The Bertz CT molecular complexity index is 196. The zero-order valence-electron chi connectivity index (χ0n) is 12.0. The van der Waals surface area contributed by atoms with Crippen LogP contribution in [0.4, 0.5) is 0 Å². The number of aliphatic imine (C=N–C) groups is 1. The predicted octanol–water partition coefficient (Wildman–Crippen LogP) is 5.40. The summed E-state index contributed by atoms with van der Waals surface area (Å²) in [5.74, 6) is 0. The van der Waals surface area contributed by atoms with E-state index in [0.717, 1.165) is 25.0 Å². The van der Waals surface area contributed by atoms with Gasteiger partial charge in [0.2, 0.25) is 0 Å². The van der Waals surface area contributed by atoms with Crippen molar-refractivity contribution in [2.24, 2.45) is 10.1 Å². The third kappa shape index (κ3) is 25.2. The van der Waals surface area contributed by atoms with Crippen molar-refractivity contribution < 1.29 is 0 Å². The highest BCUT2D eigenvalue weighted by Gasteiger charge is 1.86. The second-order valence-electron chi connectivity index (χ2n) is 3.22. The van der Waals surface area contributed by atoms with Crippen LogP contribution in [0.5, 0.6) is 0 Å². The maximum atomic E-state index is 6.62. The SMILES string of the molecule is C/C=C(/CCC)N=N.C=C.CCCCC=NC. The smallest absolute Gasteiger partial charge is 0.0581 e. The van der Waals surface area contributed by atoms with Crippen molar-refractivity contribution in [3.63, 3.8) is 0 Å². The molecule has 3 heteroatoms. The van der Waals surface area contributed by atoms with Crippen LogP contribution in [0.1, 0.15) is 52.9 Å². The molecule has 0 rings (SSSR count). The molecule has 0 atom stereocenters. The quantitative estimate of drug-likeness (QED) is 0.279. The Morgan fingerprint density at radius 2 is 1.82 bits per heavy atom. The van der Waals surface area contributed by atoms with E-state index in [0.29, 0.717) is 0 Å². The molecule has 0 heterocycles. The van der Waals surface area contributed by atoms with Crippen LogP contribution in [0.3, 0.4) is 0 Å². The normalized spacial score (nSPS) is 10.0. The first kappa shape index (κ1) is 21.1. The molecule has 0 aliphatic carbocycles. The van der Waals surface area contributed by atoms with E-state index in [1.807, 2.05) is 26.3 Å². The first-order valence-electron chi connectivity index (χ1n) is 6.19. The standard InChI is InChI=1S/C6H12N2.C6H13N.C2H4/c1-3-5-6(4-2)8-7;1-3-4-5-6-7-2;1-2/h4,7H,3,5H2,1-2H3;6H,3-5H2,1-2H3;1-2H2/b6-4-,8-7?;;. The van der Waals surface area contributed by atoms with Crippen molar-refractivity contribution in [2.75, 3.05) is 7.05 Å². The van der Waals surface area contributed by atoms with Crippen LogP contribution < -0.4 is 0 Å². The Hall–Kier alpha value is -1.25. The van der Waals surface area contributed by atoms with Crippen LogP contribution in [-0.4, -0.2) is 13.3 Å². The summed E-state index contributed by atoms with van der Waals surface area (Å²) >= 11 is 0. The molecule has 0 bridgehead atoms. The zero-order chi connectivity index (χ0) is 13.9. The Morgan fingerprint density at radius 1 is 1.24 bits per heavy atom. The third-order valence-corrected chi connectivity index (χ3v) is 1.85. The van der Waals surface area contributed by atoms with Crippen molar-refractivity contribution in [1.82, 2.24) is 0 Å². The average Bonchev–Trinajstić information content (AvgIpc) is 2.40. The molecule has 0 saturated heterocycles. The van der Waals surface area contributed by atoms with Crippen LogP contribution in [0.15, 0.2) is 35.0 Å². The Labute approximate surface area is 107 Å². The molecule has 0 aromatic rings. The van der Waals surface area contributed by atoms with Gasteiger partial charge in [-0.05, 0) is 32.4 Å². The van der Waals surface area contributed by atoms with E-state index < -0.39 is 0 Å². The van der Waals surface area contributed by atoms with Gasteiger partial charge in [-0.15, -0.1) is 13.2 Å².